The Morgan fingerprint density at radius 1 is 1.32 bits per heavy atom. The zero-order chi connectivity index (χ0) is 13.5. The van der Waals surface area contributed by atoms with Crippen molar-refractivity contribution in [3.05, 3.63) is 45.9 Å². The van der Waals surface area contributed by atoms with Gasteiger partial charge in [-0.05, 0) is 31.5 Å². The van der Waals surface area contributed by atoms with E-state index in [0.29, 0.717) is 0 Å². The molecule has 1 N–H and O–H groups in total. The van der Waals surface area contributed by atoms with Gasteiger partial charge in [0.1, 0.15) is 5.01 Å². The van der Waals surface area contributed by atoms with Crippen LogP contribution in [-0.2, 0) is 12.3 Å². The molecule has 2 rings (SSSR count). The van der Waals surface area contributed by atoms with Gasteiger partial charge in [-0.15, -0.1) is 23.1 Å². The highest BCUT2D eigenvalue weighted by molar-refractivity contribution is 7.98. The van der Waals surface area contributed by atoms with E-state index >= 15 is 0 Å². The van der Waals surface area contributed by atoms with E-state index in [9.17, 15) is 0 Å². The summed E-state index contributed by atoms with van der Waals surface area (Å²) in [6, 6.07) is 8.51. The van der Waals surface area contributed by atoms with Gasteiger partial charge in [0.2, 0.25) is 0 Å². The monoisotopic (exact) mass is 292 g/mol. The highest BCUT2D eigenvalue weighted by Gasteiger charge is 2.04. The van der Waals surface area contributed by atoms with Crippen LogP contribution in [0.4, 0.5) is 0 Å². The van der Waals surface area contributed by atoms with Crippen LogP contribution in [0.15, 0.2) is 35.4 Å². The van der Waals surface area contributed by atoms with Crippen molar-refractivity contribution in [2.75, 3.05) is 6.54 Å². The lowest BCUT2D eigenvalue weighted by atomic mass is 10.2. The van der Waals surface area contributed by atoms with Crippen molar-refractivity contribution in [1.29, 1.82) is 0 Å². The first-order valence-electron chi connectivity index (χ1n) is 6.62. The summed E-state index contributed by atoms with van der Waals surface area (Å²) in [5, 5.41) is 4.62. The Balaban J connectivity index is 1.85. The lowest BCUT2D eigenvalue weighted by Gasteiger charge is -2.02. The standard InChI is InChI=1S/C15H20N2S2/c1-3-8-16-9-13-10-17-15(19-13)11-18-14-7-5-4-6-12(14)2/h4-7,10,16H,3,8-9,11H2,1-2H3. The van der Waals surface area contributed by atoms with E-state index in [-0.39, 0.29) is 0 Å². The van der Waals surface area contributed by atoms with E-state index < -0.39 is 0 Å². The summed E-state index contributed by atoms with van der Waals surface area (Å²) < 4.78 is 0. The fraction of sp³-hybridized carbons (Fsp3) is 0.400. The molecular formula is C15H20N2S2. The zero-order valence-electron chi connectivity index (χ0n) is 11.5. The summed E-state index contributed by atoms with van der Waals surface area (Å²) in [6.45, 7) is 6.36. The van der Waals surface area contributed by atoms with Crippen LogP contribution in [0.3, 0.4) is 0 Å². The fourth-order valence-corrected chi connectivity index (χ4v) is 3.67. The van der Waals surface area contributed by atoms with Crippen LogP contribution < -0.4 is 5.32 Å². The molecule has 1 aromatic carbocycles. The molecule has 0 fully saturated rings. The van der Waals surface area contributed by atoms with Crippen molar-refractivity contribution in [3.63, 3.8) is 0 Å². The quantitative estimate of drug-likeness (QED) is 0.610. The van der Waals surface area contributed by atoms with Gasteiger partial charge in [-0.1, -0.05) is 25.1 Å². The predicted octanol–water partition coefficient (Wildman–Crippen LogP) is 4.24. The first kappa shape index (κ1) is 14.6. The average Bonchev–Trinajstić information content (AvgIpc) is 2.86. The number of nitrogens with one attached hydrogen (secondary N) is 1. The van der Waals surface area contributed by atoms with Gasteiger partial charge in [0.05, 0.1) is 5.75 Å². The van der Waals surface area contributed by atoms with Gasteiger partial charge < -0.3 is 5.32 Å². The number of benzene rings is 1. The second-order valence-corrected chi connectivity index (χ2v) is 6.67. The summed E-state index contributed by atoms with van der Waals surface area (Å²) in [5.41, 5.74) is 1.34. The molecule has 0 unspecified atom stereocenters. The van der Waals surface area contributed by atoms with Crippen molar-refractivity contribution in [3.8, 4) is 0 Å². The Morgan fingerprint density at radius 3 is 2.95 bits per heavy atom. The number of hydrogen-bond acceptors (Lipinski definition) is 4. The number of aromatic nitrogens is 1. The van der Waals surface area contributed by atoms with Crippen LogP contribution in [-0.4, -0.2) is 11.5 Å². The van der Waals surface area contributed by atoms with E-state index in [1.54, 1.807) is 0 Å². The Morgan fingerprint density at radius 2 is 2.16 bits per heavy atom. The largest absolute Gasteiger partial charge is 0.312 e. The van der Waals surface area contributed by atoms with Crippen molar-refractivity contribution in [2.45, 2.75) is 37.5 Å². The first-order chi connectivity index (χ1) is 9.29. The molecule has 0 aliphatic heterocycles. The fourth-order valence-electron chi connectivity index (χ4n) is 1.74. The lowest BCUT2D eigenvalue weighted by molar-refractivity contribution is 0.681. The van der Waals surface area contributed by atoms with Crippen LogP contribution >= 0.6 is 23.1 Å². The van der Waals surface area contributed by atoms with Gasteiger partial charge in [0.15, 0.2) is 0 Å². The number of aryl methyl sites for hydroxylation is 1. The predicted molar refractivity (Wildman–Crippen MR) is 84.9 cm³/mol. The van der Waals surface area contributed by atoms with Gasteiger partial charge in [0.25, 0.3) is 0 Å². The number of hydrogen-bond donors (Lipinski definition) is 1. The van der Waals surface area contributed by atoms with Gasteiger partial charge in [-0.3, -0.25) is 0 Å². The van der Waals surface area contributed by atoms with Crippen LogP contribution in [0, 0.1) is 6.92 Å². The summed E-state index contributed by atoms with van der Waals surface area (Å²) in [5.74, 6) is 0.962. The van der Waals surface area contributed by atoms with E-state index in [1.807, 2.05) is 29.3 Å². The van der Waals surface area contributed by atoms with E-state index in [4.69, 9.17) is 0 Å². The van der Waals surface area contributed by atoms with Crippen molar-refractivity contribution < 1.29 is 0 Å². The molecule has 102 valence electrons. The normalized spacial score (nSPS) is 10.8. The van der Waals surface area contributed by atoms with Gasteiger partial charge in [-0.25, -0.2) is 4.98 Å². The molecule has 4 heteroatoms. The minimum Gasteiger partial charge on any atom is -0.312 e. The number of thiazole rings is 1. The van der Waals surface area contributed by atoms with Gasteiger partial charge >= 0.3 is 0 Å². The third kappa shape index (κ3) is 4.64. The molecule has 0 saturated carbocycles. The Labute approximate surface area is 123 Å². The van der Waals surface area contributed by atoms with Crippen LogP contribution in [0.25, 0.3) is 0 Å². The second-order valence-electron chi connectivity index (χ2n) is 4.45. The Kier molecular flexibility index (Phi) is 5.89. The smallest absolute Gasteiger partial charge is 0.103 e. The number of nitrogens with zero attached hydrogens (tertiary/aromatic N) is 1. The molecule has 0 saturated heterocycles. The minimum atomic E-state index is 0.945. The summed E-state index contributed by atoms with van der Waals surface area (Å²) in [7, 11) is 0. The van der Waals surface area contributed by atoms with E-state index in [0.717, 1.165) is 18.8 Å². The molecular weight excluding hydrogens is 272 g/mol. The maximum atomic E-state index is 4.50. The first-order valence-corrected chi connectivity index (χ1v) is 8.42. The molecule has 1 aromatic heterocycles. The van der Waals surface area contributed by atoms with Crippen molar-refractivity contribution in [1.82, 2.24) is 10.3 Å². The SMILES string of the molecule is CCCNCc1cnc(CSc2ccccc2C)s1. The minimum absolute atomic E-state index is 0.945. The Bertz CT molecular complexity index is 508. The topological polar surface area (TPSA) is 24.9 Å². The summed E-state index contributed by atoms with van der Waals surface area (Å²) in [6.07, 6.45) is 3.18. The summed E-state index contributed by atoms with van der Waals surface area (Å²) in [4.78, 5) is 7.18. The number of thioether (sulfide) groups is 1. The molecule has 0 amide bonds. The molecule has 2 aromatic rings. The molecule has 2 nitrogen and oxygen atoms in total. The molecule has 0 atom stereocenters. The van der Waals surface area contributed by atoms with E-state index in [1.165, 1.54) is 26.8 Å². The van der Waals surface area contributed by atoms with Crippen LogP contribution in [0.1, 0.15) is 28.8 Å². The van der Waals surface area contributed by atoms with Crippen molar-refractivity contribution >= 4 is 23.1 Å². The number of rotatable bonds is 7. The second kappa shape index (κ2) is 7.68. The average molecular weight is 292 g/mol. The Hall–Kier alpha value is -0.840. The zero-order valence-corrected chi connectivity index (χ0v) is 13.1. The van der Waals surface area contributed by atoms with Crippen molar-refractivity contribution in [2.24, 2.45) is 0 Å². The van der Waals surface area contributed by atoms with Gasteiger partial charge in [-0.2, -0.15) is 0 Å². The molecule has 0 aliphatic carbocycles. The highest BCUT2D eigenvalue weighted by atomic mass is 32.2. The lowest BCUT2D eigenvalue weighted by Crippen LogP contribution is -2.12. The maximum Gasteiger partial charge on any atom is 0.103 e. The molecule has 0 aliphatic rings. The summed E-state index contributed by atoms with van der Waals surface area (Å²) >= 11 is 3.68. The maximum absolute atomic E-state index is 4.50. The molecule has 0 bridgehead atoms. The third-order valence-corrected chi connectivity index (χ3v) is 5.14. The van der Waals surface area contributed by atoms with Gasteiger partial charge in [0, 0.05) is 22.5 Å². The molecule has 0 radical (unpaired) electrons. The highest BCUT2D eigenvalue weighted by Crippen LogP contribution is 2.27. The van der Waals surface area contributed by atoms with E-state index in [2.05, 4.69) is 48.4 Å². The van der Waals surface area contributed by atoms with Crippen LogP contribution in [0.5, 0.6) is 0 Å². The third-order valence-electron chi connectivity index (χ3n) is 2.77. The molecule has 1 heterocycles. The molecule has 0 spiro atoms. The van der Waals surface area contributed by atoms with Crippen LogP contribution in [0.2, 0.25) is 0 Å². The molecule has 19 heavy (non-hydrogen) atoms.